The fourth-order valence-corrected chi connectivity index (χ4v) is 2.09. The van der Waals surface area contributed by atoms with E-state index in [1.807, 2.05) is 0 Å². The van der Waals surface area contributed by atoms with Crippen LogP contribution in [0.2, 0.25) is 0 Å². The predicted molar refractivity (Wildman–Crippen MR) is 48.2 cm³/mol. The molecule has 0 aliphatic heterocycles. The maximum absolute atomic E-state index is 10.7. The lowest BCUT2D eigenvalue weighted by Crippen LogP contribution is -2.35. The molecule has 5 heteroatoms. The summed E-state index contributed by atoms with van der Waals surface area (Å²) in [6.45, 7) is 0.500. The monoisotopic (exact) mass is 192 g/mol. The van der Waals surface area contributed by atoms with Gasteiger partial charge >= 0.3 is 0 Å². The van der Waals surface area contributed by atoms with Crippen molar-refractivity contribution in [1.29, 1.82) is 0 Å². The molecular weight excluding hydrogens is 176 g/mol. The Kier molecular flexibility index (Phi) is 3.09. The molecule has 3 N–H and O–H groups in total. The quantitative estimate of drug-likeness (QED) is 0.642. The molecule has 1 saturated carbocycles. The Labute approximate surface area is 73.6 Å². The van der Waals surface area contributed by atoms with E-state index in [9.17, 15) is 8.42 Å². The Morgan fingerprint density at radius 1 is 1.50 bits per heavy atom. The lowest BCUT2D eigenvalue weighted by Gasteiger charge is -2.14. The molecule has 0 aromatic carbocycles. The van der Waals surface area contributed by atoms with Crippen LogP contribution in [0.5, 0.6) is 0 Å². The van der Waals surface area contributed by atoms with Crippen LogP contribution in [0, 0.1) is 5.92 Å². The SMILES string of the molecule is CS(=O)(=O)NC[C@H]1CCC[C@H]1N. The third-order valence-electron chi connectivity index (χ3n) is 2.33. The minimum absolute atomic E-state index is 0.180. The van der Waals surface area contributed by atoms with Gasteiger partial charge < -0.3 is 5.73 Å². The van der Waals surface area contributed by atoms with Gasteiger partial charge in [0.25, 0.3) is 0 Å². The fourth-order valence-electron chi connectivity index (χ4n) is 1.58. The van der Waals surface area contributed by atoms with Gasteiger partial charge in [-0.3, -0.25) is 0 Å². The highest BCUT2D eigenvalue weighted by molar-refractivity contribution is 7.88. The lowest BCUT2D eigenvalue weighted by molar-refractivity contribution is 0.470. The average molecular weight is 192 g/mol. The molecule has 0 spiro atoms. The second-order valence-corrected chi connectivity index (χ2v) is 5.31. The first-order chi connectivity index (χ1) is 5.49. The Hall–Kier alpha value is -0.130. The van der Waals surface area contributed by atoms with Crippen LogP contribution in [0.3, 0.4) is 0 Å². The molecule has 0 amide bonds. The van der Waals surface area contributed by atoms with Gasteiger partial charge in [0.15, 0.2) is 0 Å². The van der Waals surface area contributed by atoms with E-state index in [1.165, 1.54) is 6.26 Å². The Morgan fingerprint density at radius 3 is 2.58 bits per heavy atom. The van der Waals surface area contributed by atoms with Gasteiger partial charge in [0.2, 0.25) is 10.0 Å². The number of nitrogens with two attached hydrogens (primary N) is 1. The van der Waals surface area contributed by atoms with Crippen molar-refractivity contribution in [3.05, 3.63) is 0 Å². The Bertz CT molecular complexity index is 238. The number of hydrogen-bond donors (Lipinski definition) is 2. The fraction of sp³-hybridized carbons (Fsp3) is 1.00. The van der Waals surface area contributed by atoms with Crippen molar-refractivity contribution < 1.29 is 8.42 Å². The van der Waals surface area contributed by atoms with Crippen molar-refractivity contribution in [2.24, 2.45) is 11.7 Å². The van der Waals surface area contributed by atoms with E-state index in [0.717, 1.165) is 19.3 Å². The Balaban J connectivity index is 2.32. The van der Waals surface area contributed by atoms with Crippen molar-refractivity contribution in [3.63, 3.8) is 0 Å². The van der Waals surface area contributed by atoms with Crippen molar-refractivity contribution >= 4 is 10.0 Å². The van der Waals surface area contributed by atoms with Crippen LogP contribution in [0.1, 0.15) is 19.3 Å². The Morgan fingerprint density at radius 2 is 2.17 bits per heavy atom. The van der Waals surface area contributed by atoms with Crippen LogP contribution < -0.4 is 10.5 Å². The van der Waals surface area contributed by atoms with Crippen molar-refractivity contribution in [2.45, 2.75) is 25.3 Å². The van der Waals surface area contributed by atoms with Crippen molar-refractivity contribution in [2.75, 3.05) is 12.8 Å². The number of hydrogen-bond acceptors (Lipinski definition) is 3. The minimum atomic E-state index is -3.04. The molecule has 0 heterocycles. The zero-order valence-corrected chi connectivity index (χ0v) is 8.10. The summed E-state index contributed by atoms with van der Waals surface area (Å²) in [5.41, 5.74) is 5.77. The second kappa shape index (κ2) is 3.72. The summed E-state index contributed by atoms with van der Waals surface area (Å²) >= 11 is 0. The van der Waals surface area contributed by atoms with Gasteiger partial charge in [0.05, 0.1) is 6.26 Å². The number of sulfonamides is 1. The molecule has 0 saturated heterocycles. The molecule has 0 bridgehead atoms. The molecule has 1 fully saturated rings. The van der Waals surface area contributed by atoms with E-state index in [4.69, 9.17) is 5.73 Å². The van der Waals surface area contributed by atoms with E-state index >= 15 is 0 Å². The van der Waals surface area contributed by atoms with Gasteiger partial charge in [-0.05, 0) is 18.8 Å². The van der Waals surface area contributed by atoms with Crippen LogP contribution in [0.25, 0.3) is 0 Å². The topological polar surface area (TPSA) is 72.2 Å². The van der Waals surface area contributed by atoms with Gasteiger partial charge in [0, 0.05) is 12.6 Å². The van der Waals surface area contributed by atoms with E-state index in [0.29, 0.717) is 12.5 Å². The zero-order chi connectivity index (χ0) is 9.19. The third-order valence-corrected chi connectivity index (χ3v) is 3.02. The summed E-state index contributed by atoms with van der Waals surface area (Å²) in [7, 11) is -3.04. The van der Waals surface area contributed by atoms with Crippen molar-refractivity contribution in [1.82, 2.24) is 4.72 Å². The highest BCUT2D eigenvalue weighted by Crippen LogP contribution is 2.22. The van der Waals surface area contributed by atoms with Crippen LogP contribution in [-0.4, -0.2) is 27.3 Å². The summed E-state index contributed by atoms with van der Waals surface area (Å²) < 4.78 is 24.0. The van der Waals surface area contributed by atoms with Crippen molar-refractivity contribution in [3.8, 4) is 0 Å². The molecule has 1 rings (SSSR count). The summed E-state index contributed by atoms with van der Waals surface area (Å²) in [4.78, 5) is 0. The second-order valence-electron chi connectivity index (χ2n) is 3.48. The molecule has 0 aromatic heterocycles. The first kappa shape index (κ1) is 9.95. The summed E-state index contributed by atoms with van der Waals surface area (Å²) in [5.74, 6) is 0.333. The normalized spacial score (nSPS) is 30.8. The number of nitrogens with one attached hydrogen (secondary N) is 1. The average Bonchev–Trinajstić information content (AvgIpc) is 2.29. The minimum Gasteiger partial charge on any atom is -0.327 e. The molecule has 0 unspecified atom stereocenters. The summed E-state index contributed by atoms with van der Waals surface area (Å²) in [5, 5.41) is 0. The molecule has 12 heavy (non-hydrogen) atoms. The van der Waals surface area contributed by atoms with Crippen LogP contribution in [0.15, 0.2) is 0 Å². The van der Waals surface area contributed by atoms with Gasteiger partial charge in [0.1, 0.15) is 0 Å². The van der Waals surface area contributed by atoms with Gasteiger partial charge in [-0.1, -0.05) is 6.42 Å². The molecule has 0 radical (unpaired) electrons. The first-order valence-corrected chi connectivity index (χ1v) is 6.08. The number of rotatable bonds is 3. The van der Waals surface area contributed by atoms with Gasteiger partial charge in [-0.15, -0.1) is 0 Å². The maximum atomic E-state index is 10.7. The van der Waals surface area contributed by atoms with E-state index in [2.05, 4.69) is 4.72 Å². The molecule has 72 valence electrons. The standard InChI is InChI=1S/C7H16N2O2S/c1-12(10,11)9-5-6-3-2-4-7(6)8/h6-7,9H,2-5,8H2,1H3/t6-,7-/m1/s1. The van der Waals surface area contributed by atoms with Crippen LogP contribution in [-0.2, 0) is 10.0 Å². The van der Waals surface area contributed by atoms with Crippen LogP contribution >= 0.6 is 0 Å². The first-order valence-electron chi connectivity index (χ1n) is 4.19. The lowest BCUT2D eigenvalue weighted by atomic mass is 10.1. The molecule has 2 atom stereocenters. The zero-order valence-electron chi connectivity index (χ0n) is 7.29. The summed E-state index contributed by atoms with van der Waals surface area (Å²) in [6.07, 6.45) is 4.37. The molecule has 4 nitrogen and oxygen atoms in total. The van der Waals surface area contributed by atoms with E-state index in [-0.39, 0.29) is 6.04 Å². The highest BCUT2D eigenvalue weighted by atomic mass is 32.2. The van der Waals surface area contributed by atoms with Crippen LogP contribution in [0.4, 0.5) is 0 Å². The van der Waals surface area contributed by atoms with Gasteiger partial charge in [-0.25, -0.2) is 13.1 Å². The predicted octanol–water partition coefficient (Wildman–Crippen LogP) is -0.337. The molecular formula is C7H16N2O2S. The third kappa shape index (κ3) is 3.08. The highest BCUT2D eigenvalue weighted by Gasteiger charge is 2.24. The summed E-state index contributed by atoms with van der Waals surface area (Å²) in [6, 6.07) is 0.180. The molecule has 1 aliphatic rings. The molecule has 0 aromatic rings. The van der Waals surface area contributed by atoms with E-state index < -0.39 is 10.0 Å². The maximum Gasteiger partial charge on any atom is 0.208 e. The largest absolute Gasteiger partial charge is 0.327 e. The smallest absolute Gasteiger partial charge is 0.208 e. The van der Waals surface area contributed by atoms with E-state index in [1.54, 1.807) is 0 Å². The van der Waals surface area contributed by atoms with Gasteiger partial charge in [-0.2, -0.15) is 0 Å². The molecule has 1 aliphatic carbocycles.